The maximum absolute atomic E-state index is 14.1. The molecular weight excluding hydrogens is 394 g/mol. The lowest BCUT2D eigenvalue weighted by molar-refractivity contribution is -0.124. The first-order chi connectivity index (χ1) is 14.5. The summed E-state index contributed by atoms with van der Waals surface area (Å²) in [5.41, 5.74) is 1.18. The van der Waals surface area contributed by atoms with Gasteiger partial charge in [0.25, 0.3) is 5.91 Å². The Hall–Kier alpha value is -3.82. The van der Waals surface area contributed by atoms with Gasteiger partial charge in [0.15, 0.2) is 17.3 Å². The smallest absolute Gasteiger partial charge is 0.254 e. The minimum Gasteiger partial charge on any atom is -0.367 e. The van der Waals surface area contributed by atoms with E-state index in [0.29, 0.717) is 28.6 Å². The molecule has 3 N–H and O–H groups in total. The van der Waals surface area contributed by atoms with Crippen molar-refractivity contribution < 1.29 is 18.4 Å². The van der Waals surface area contributed by atoms with Gasteiger partial charge >= 0.3 is 0 Å². The number of nitrogens with zero attached hydrogens (tertiary/aromatic N) is 3. The van der Waals surface area contributed by atoms with Crippen molar-refractivity contribution in [3.8, 4) is 0 Å². The number of hydrogen-bond acceptors (Lipinski definition) is 6. The molecule has 2 aliphatic rings. The van der Waals surface area contributed by atoms with Gasteiger partial charge in [-0.3, -0.25) is 14.9 Å². The van der Waals surface area contributed by atoms with Crippen LogP contribution in [0.2, 0.25) is 0 Å². The summed E-state index contributed by atoms with van der Waals surface area (Å²) in [4.78, 5) is 27.8. The topological polar surface area (TPSA) is 100 Å². The highest BCUT2D eigenvalue weighted by molar-refractivity contribution is 6.15. The summed E-state index contributed by atoms with van der Waals surface area (Å²) in [5.74, 6) is -1.89. The number of nitrogens with one attached hydrogen (secondary N) is 3. The molecule has 3 heterocycles. The van der Waals surface area contributed by atoms with E-state index >= 15 is 0 Å². The monoisotopic (exact) mass is 410 g/mol. The quantitative estimate of drug-likeness (QED) is 0.442. The summed E-state index contributed by atoms with van der Waals surface area (Å²) in [6.07, 6.45) is 5.12. The van der Waals surface area contributed by atoms with E-state index in [1.807, 2.05) is 0 Å². The van der Waals surface area contributed by atoms with Crippen molar-refractivity contribution in [1.29, 1.82) is 0 Å². The van der Waals surface area contributed by atoms with Crippen LogP contribution in [0.4, 0.5) is 26.1 Å². The van der Waals surface area contributed by atoms with Gasteiger partial charge in [-0.2, -0.15) is 9.61 Å². The molecule has 1 saturated heterocycles. The highest BCUT2D eigenvalue weighted by Gasteiger charge is 2.26. The highest BCUT2D eigenvalue weighted by Crippen LogP contribution is 2.29. The number of aromatic nitrogens is 3. The van der Waals surface area contributed by atoms with Gasteiger partial charge in [-0.15, -0.1) is 0 Å². The fourth-order valence-electron chi connectivity index (χ4n) is 3.23. The highest BCUT2D eigenvalue weighted by atomic mass is 19.2. The molecule has 2 amide bonds. The molecular formula is C20H16F2N6O2. The Morgan fingerprint density at radius 1 is 1.23 bits per heavy atom. The molecule has 30 heavy (non-hydrogen) atoms. The first-order valence-corrected chi connectivity index (χ1v) is 9.39. The standard InChI is InChI=1S/C20H16F2N6O2/c21-13-2-1-3-14(18(13)22)25-15-8-16(24-12-4-5-12)28-19(26-15)11(9-23-28)6-10-7-17(29)27-20(10)30/h1-3,6,8-9,12,24H,4-5,7H2,(H,25,26)(H,27,29,30)/b10-6+. The first-order valence-electron chi connectivity index (χ1n) is 9.39. The molecule has 0 bridgehead atoms. The SMILES string of the molecule is O=C1C/C(=C\c2cnn3c(NC4CC4)cc(Nc4cccc(F)c4F)nc23)C(=O)N1. The van der Waals surface area contributed by atoms with Crippen LogP contribution in [0.15, 0.2) is 36.0 Å². The maximum atomic E-state index is 14.1. The van der Waals surface area contributed by atoms with Crippen molar-refractivity contribution in [3.63, 3.8) is 0 Å². The van der Waals surface area contributed by atoms with Gasteiger partial charge in [0.1, 0.15) is 11.6 Å². The van der Waals surface area contributed by atoms with Crippen molar-refractivity contribution in [2.24, 2.45) is 0 Å². The van der Waals surface area contributed by atoms with Crippen LogP contribution in [0.1, 0.15) is 24.8 Å². The lowest BCUT2D eigenvalue weighted by Gasteiger charge is -2.12. The minimum atomic E-state index is -1.01. The molecule has 0 unspecified atom stereocenters. The second kappa shape index (κ2) is 6.90. The molecule has 5 rings (SSSR count). The molecule has 3 aromatic rings. The van der Waals surface area contributed by atoms with Crippen molar-refractivity contribution in [2.45, 2.75) is 25.3 Å². The predicted octanol–water partition coefficient (Wildman–Crippen LogP) is 2.76. The van der Waals surface area contributed by atoms with Crippen LogP contribution in [-0.4, -0.2) is 32.5 Å². The molecule has 0 radical (unpaired) electrons. The molecule has 2 aromatic heterocycles. The summed E-state index contributed by atoms with van der Waals surface area (Å²) in [5, 5.41) is 12.7. The number of carbonyl (C=O) groups excluding carboxylic acids is 2. The van der Waals surface area contributed by atoms with Crippen LogP contribution in [0.5, 0.6) is 0 Å². The van der Waals surface area contributed by atoms with Gasteiger partial charge in [0.2, 0.25) is 5.91 Å². The average Bonchev–Trinajstić information content (AvgIpc) is 3.34. The molecule has 10 heteroatoms. The van der Waals surface area contributed by atoms with Crippen LogP contribution in [0.3, 0.4) is 0 Å². The number of halogens is 2. The Kier molecular flexibility index (Phi) is 4.19. The molecule has 1 aliphatic carbocycles. The van der Waals surface area contributed by atoms with Gasteiger partial charge in [0.05, 0.1) is 18.3 Å². The van der Waals surface area contributed by atoms with Gasteiger partial charge in [-0.1, -0.05) is 6.07 Å². The van der Waals surface area contributed by atoms with Crippen LogP contribution in [0, 0.1) is 11.6 Å². The Morgan fingerprint density at radius 3 is 2.80 bits per heavy atom. The number of fused-ring (bicyclic) bond motifs is 1. The molecule has 1 aliphatic heterocycles. The van der Waals surface area contributed by atoms with Crippen molar-refractivity contribution in [1.82, 2.24) is 19.9 Å². The zero-order chi connectivity index (χ0) is 20.8. The molecule has 0 atom stereocenters. The Morgan fingerprint density at radius 2 is 2.07 bits per heavy atom. The molecule has 152 valence electrons. The third-order valence-electron chi connectivity index (χ3n) is 4.87. The number of anilines is 3. The zero-order valence-corrected chi connectivity index (χ0v) is 15.6. The fraction of sp³-hybridized carbons (Fsp3) is 0.200. The van der Waals surface area contributed by atoms with Gasteiger partial charge in [-0.05, 0) is 31.1 Å². The summed E-state index contributed by atoms with van der Waals surface area (Å²) in [7, 11) is 0. The van der Waals surface area contributed by atoms with E-state index in [0.717, 1.165) is 18.9 Å². The van der Waals surface area contributed by atoms with E-state index < -0.39 is 17.5 Å². The first kappa shape index (κ1) is 18.2. The van der Waals surface area contributed by atoms with E-state index in [4.69, 9.17) is 0 Å². The summed E-state index contributed by atoms with van der Waals surface area (Å²) in [6.45, 7) is 0. The largest absolute Gasteiger partial charge is 0.367 e. The van der Waals surface area contributed by atoms with Crippen LogP contribution in [0.25, 0.3) is 11.7 Å². The Balaban J connectivity index is 1.59. The third kappa shape index (κ3) is 3.36. The van der Waals surface area contributed by atoms with E-state index in [9.17, 15) is 18.4 Å². The Bertz CT molecular complexity index is 1230. The Labute approximate surface area is 169 Å². The second-order valence-corrected chi connectivity index (χ2v) is 7.23. The van der Waals surface area contributed by atoms with E-state index in [1.165, 1.54) is 18.3 Å². The van der Waals surface area contributed by atoms with Gasteiger partial charge < -0.3 is 10.6 Å². The van der Waals surface area contributed by atoms with Crippen molar-refractivity contribution in [2.75, 3.05) is 10.6 Å². The van der Waals surface area contributed by atoms with Crippen LogP contribution in [-0.2, 0) is 9.59 Å². The summed E-state index contributed by atoms with van der Waals surface area (Å²) in [6, 6.07) is 5.80. The average molecular weight is 410 g/mol. The number of carbonyl (C=O) groups is 2. The third-order valence-corrected chi connectivity index (χ3v) is 4.87. The van der Waals surface area contributed by atoms with Crippen LogP contribution >= 0.6 is 0 Å². The lowest BCUT2D eigenvalue weighted by Crippen LogP contribution is -2.19. The second-order valence-electron chi connectivity index (χ2n) is 7.23. The summed E-state index contributed by atoms with van der Waals surface area (Å²) < 4.78 is 29.3. The van der Waals surface area contributed by atoms with Crippen LogP contribution < -0.4 is 16.0 Å². The number of imide groups is 1. The van der Waals surface area contributed by atoms with Gasteiger partial charge in [0, 0.05) is 23.2 Å². The maximum Gasteiger partial charge on any atom is 0.254 e. The molecule has 2 fully saturated rings. The number of amides is 2. The molecule has 8 nitrogen and oxygen atoms in total. The fourth-order valence-corrected chi connectivity index (χ4v) is 3.23. The number of benzene rings is 1. The number of rotatable bonds is 5. The van der Waals surface area contributed by atoms with E-state index in [2.05, 4.69) is 26.0 Å². The lowest BCUT2D eigenvalue weighted by atomic mass is 10.1. The zero-order valence-electron chi connectivity index (χ0n) is 15.6. The van der Waals surface area contributed by atoms with Crippen molar-refractivity contribution >= 4 is 40.9 Å². The normalized spacial score (nSPS) is 17.6. The van der Waals surface area contributed by atoms with E-state index in [-0.39, 0.29) is 23.8 Å². The van der Waals surface area contributed by atoms with Crippen molar-refractivity contribution in [3.05, 3.63) is 53.2 Å². The van der Waals surface area contributed by atoms with E-state index in [1.54, 1.807) is 16.7 Å². The number of hydrogen-bond donors (Lipinski definition) is 3. The molecule has 1 aromatic carbocycles. The predicted molar refractivity (Wildman–Crippen MR) is 105 cm³/mol. The summed E-state index contributed by atoms with van der Waals surface area (Å²) >= 11 is 0. The molecule has 0 spiro atoms. The molecule has 1 saturated carbocycles. The van der Waals surface area contributed by atoms with Gasteiger partial charge in [-0.25, -0.2) is 13.8 Å². The minimum absolute atomic E-state index is 0.0181.